The number of nitrogens with zero attached hydrogens (tertiary/aromatic N) is 3. The normalized spacial score (nSPS) is 26.9. The van der Waals surface area contributed by atoms with Gasteiger partial charge in [-0.15, -0.1) is 0 Å². The molecule has 0 radical (unpaired) electrons. The predicted octanol–water partition coefficient (Wildman–Crippen LogP) is 4.71. The molecule has 7 nitrogen and oxygen atoms in total. The summed E-state index contributed by atoms with van der Waals surface area (Å²) in [7, 11) is 1.74. The molecule has 2 unspecified atom stereocenters. The minimum absolute atomic E-state index is 0.00720. The lowest BCUT2D eigenvalue weighted by Crippen LogP contribution is -2.53. The van der Waals surface area contributed by atoms with Crippen LogP contribution in [0.5, 0.6) is 0 Å². The van der Waals surface area contributed by atoms with Crippen molar-refractivity contribution in [1.29, 1.82) is 0 Å². The van der Waals surface area contributed by atoms with Gasteiger partial charge in [0.2, 0.25) is 0 Å². The Hall–Kier alpha value is -1.70. The van der Waals surface area contributed by atoms with E-state index in [1.165, 1.54) is 0 Å². The molecular weight excluding hydrogens is 406 g/mol. The molecule has 3 rings (SSSR count). The van der Waals surface area contributed by atoms with E-state index in [0.29, 0.717) is 12.3 Å². The molecule has 2 aliphatic rings. The van der Waals surface area contributed by atoms with Gasteiger partial charge in [-0.3, -0.25) is 15.1 Å². The molecule has 1 aromatic carbocycles. The molecule has 0 bridgehead atoms. The van der Waals surface area contributed by atoms with Gasteiger partial charge in [0, 0.05) is 50.2 Å². The van der Waals surface area contributed by atoms with Crippen molar-refractivity contribution < 1.29 is 14.4 Å². The van der Waals surface area contributed by atoms with Gasteiger partial charge in [0.25, 0.3) is 5.69 Å². The Bertz CT molecular complexity index is 825. The Balaban J connectivity index is 1.89. The van der Waals surface area contributed by atoms with Crippen LogP contribution in [0.4, 0.5) is 5.69 Å². The fourth-order valence-corrected chi connectivity index (χ4v) is 4.95. The fraction of sp³-hybridized carbons (Fsp3) is 0.682. The van der Waals surface area contributed by atoms with Crippen molar-refractivity contribution in [3.8, 4) is 0 Å². The molecule has 2 atom stereocenters. The largest absolute Gasteiger partial charge is 0.384 e. The first-order valence-electron chi connectivity index (χ1n) is 10.4. The van der Waals surface area contributed by atoms with Crippen LogP contribution in [-0.2, 0) is 15.9 Å². The van der Waals surface area contributed by atoms with Crippen LogP contribution in [0.25, 0.3) is 0 Å². The van der Waals surface area contributed by atoms with Gasteiger partial charge in [0.15, 0.2) is 0 Å². The molecule has 1 aromatic rings. The van der Waals surface area contributed by atoms with Gasteiger partial charge in [-0.1, -0.05) is 17.7 Å². The SMILES string of the molecule is COCC1CCN(/N=C2/CC(C)(C)OC(C)(C)C2Cc2ccc(Cl)c([N+](=O)[O-])c2)C1. The van der Waals surface area contributed by atoms with E-state index in [0.717, 1.165) is 43.8 Å². The topological polar surface area (TPSA) is 77.2 Å². The highest BCUT2D eigenvalue weighted by Gasteiger charge is 2.45. The molecule has 2 fully saturated rings. The minimum Gasteiger partial charge on any atom is -0.384 e. The van der Waals surface area contributed by atoms with Crippen LogP contribution in [-0.4, -0.2) is 53.7 Å². The minimum atomic E-state index is -0.458. The maximum atomic E-state index is 11.3. The molecule has 0 aromatic heterocycles. The van der Waals surface area contributed by atoms with Crippen molar-refractivity contribution in [2.24, 2.45) is 16.9 Å². The van der Waals surface area contributed by atoms with Gasteiger partial charge >= 0.3 is 0 Å². The number of nitro benzene ring substituents is 1. The first kappa shape index (κ1) is 23.0. The van der Waals surface area contributed by atoms with Crippen molar-refractivity contribution in [3.63, 3.8) is 0 Å². The number of methoxy groups -OCH3 is 1. The number of halogens is 1. The Morgan fingerprint density at radius 1 is 1.37 bits per heavy atom. The number of rotatable bonds is 6. The number of hydrazone groups is 1. The van der Waals surface area contributed by atoms with Crippen LogP contribution < -0.4 is 0 Å². The summed E-state index contributed by atoms with van der Waals surface area (Å²) in [5.41, 5.74) is 1.10. The quantitative estimate of drug-likeness (QED) is 0.475. The summed E-state index contributed by atoms with van der Waals surface area (Å²) in [5, 5.41) is 18.7. The Labute approximate surface area is 183 Å². The molecule has 8 heteroatoms. The van der Waals surface area contributed by atoms with E-state index in [4.69, 9.17) is 26.2 Å². The highest BCUT2D eigenvalue weighted by Crippen LogP contribution is 2.40. The summed E-state index contributed by atoms with van der Waals surface area (Å²) in [6.45, 7) is 10.9. The third kappa shape index (κ3) is 5.31. The second-order valence-corrected chi connectivity index (χ2v) is 9.96. The molecule has 0 N–H and O–H groups in total. The van der Waals surface area contributed by atoms with Crippen LogP contribution in [0.3, 0.4) is 0 Å². The average Bonchev–Trinajstić information content (AvgIpc) is 3.05. The van der Waals surface area contributed by atoms with E-state index in [-0.39, 0.29) is 22.2 Å². The number of nitro groups is 1. The highest BCUT2D eigenvalue weighted by atomic mass is 35.5. The van der Waals surface area contributed by atoms with E-state index < -0.39 is 10.5 Å². The Morgan fingerprint density at radius 3 is 2.77 bits per heavy atom. The molecule has 2 saturated heterocycles. The van der Waals surface area contributed by atoms with Crippen molar-refractivity contribution in [2.75, 3.05) is 26.8 Å². The van der Waals surface area contributed by atoms with E-state index >= 15 is 0 Å². The van der Waals surface area contributed by atoms with E-state index in [2.05, 4.69) is 32.7 Å². The van der Waals surface area contributed by atoms with Crippen LogP contribution in [0.15, 0.2) is 23.3 Å². The van der Waals surface area contributed by atoms with E-state index in [9.17, 15) is 10.1 Å². The Kier molecular flexibility index (Phi) is 6.75. The summed E-state index contributed by atoms with van der Waals surface area (Å²) >= 11 is 6.00. The third-order valence-corrected chi connectivity index (χ3v) is 6.29. The number of hydrogen-bond donors (Lipinski definition) is 0. The number of benzene rings is 1. The van der Waals surface area contributed by atoms with Gasteiger partial charge in [0.1, 0.15) is 5.02 Å². The predicted molar refractivity (Wildman–Crippen MR) is 118 cm³/mol. The lowest BCUT2D eigenvalue weighted by Gasteiger charge is -2.47. The van der Waals surface area contributed by atoms with Crippen LogP contribution >= 0.6 is 11.6 Å². The summed E-state index contributed by atoms with van der Waals surface area (Å²) in [4.78, 5) is 10.9. The van der Waals surface area contributed by atoms with Crippen molar-refractivity contribution in [3.05, 3.63) is 38.9 Å². The summed E-state index contributed by atoms with van der Waals surface area (Å²) < 4.78 is 11.7. The molecule has 2 heterocycles. The molecule has 2 aliphatic heterocycles. The van der Waals surface area contributed by atoms with Crippen molar-refractivity contribution in [1.82, 2.24) is 5.01 Å². The van der Waals surface area contributed by atoms with E-state index in [1.54, 1.807) is 19.2 Å². The van der Waals surface area contributed by atoms with Crippen LogP contribution in [0.2, 0.25) is 5.02 Å². The maximum absolute atomic E-state index is 11.3. The number of ether oxygens (including phenoxy) is 2. The zero-order valence-corrected chi connectivity index (χ0v) is 19.2. The standard InChI is InChI=1S/C22H32ClN3O4/c1-21(2)12-19(24-25-9-8-16(13-25)14-29-5)17(22(3,4)30-21)10-15-6-7-18(23)20(11-15)26(27)28/h6-7,11,16-17H,8-10,12-14H2,1-5H3/b24-19-. The molecule has 0 spiro atoms. The zero-order valence-electron chi connectivity index (χ0n) is 18.5. The summed E-state index contributed by atoms with van der Waals surface area (Å²) in [6.07, 6.45) is 2.40. The molecule has 166 valence electrons. The third-order valence-electron chi connectivity index (χ3n) is 5.97. The average molecular weight is 438 g/mol. The first-order valence-corrected chi connectivity index (χ1v) is 10.8. The van der Waals surface area contributed by atoms with Crippen LogP contribution in [0, 0.1) is 22.0 Å². The number of hydrogen-bond acceptors (Lipinski definition) is 6. The molecule has 30 heavy (non-hydrogen) atoms. The summed E-state index contributed by atoms with van der Waals surface area (Å²) in [5.74, 6) is 0.505. The molecular formula is C22H32ClN3O4. The summed E-state index contributed by atoms with van der Waals surface area (Å²) in [6, 6.07) is 5.02. The van der Waals surface area contributed by atoms with Crippen molar-refractivity contribution in [2.45, 2.75) is 58.2 Å². The van der Waals surface area contributed by atoms with Gasteiger partial charge in [-0.2, -0.15) is 5.10 Å². The smallest absolute Gasteiger partial charge is 0.288 e. The second-order valence-electron chi connectivity index (χ2n) is 9.56. The monoisotopic (exact) mass is 437 g/mol. The fourth-order valence-electron chi connectivity index (χ4n) is 4.77. The van der Waals surface area contributed by atoms with Gasteiger partial charge < -0.3 is 9.47 Å². The van der Waals surface area contributed by atoms with Gasteiger partial charge in [-0.25, -0.2) is 0 Å². The molecule has 0 amide bonds. The zero-order chi connectivity index (χ0) is 22.1. The van der Waals surface area contributed by atoms with Crippen LogP contribution in [0.1, 0.15) is 46.1 Å². The second kappa shape index (κ2) is 8.81. The Morgan fingerprint density at radius 2 is 2.10 bits per heavy atom. The lowest BCUT2D eigenvalue weighted by molar-refractivity contribution is -0.384. The molecule has 0 aliphatic carbocycles. The van der Waals surface area contributed by atoms with Crippen molar-refractivity contribution >= 4 is 23.0 Å². The van der Waals surface area contributed by atoms with E-state index in [1.807, 2.05) is 6.07 Å². The first-order chi connectivity index (χ1) is 14.0. The van der Waals surface area contributed by atoms with Gasteiger partial charge in [0.05, 0.1) is 22.7 Å². The van der Waals surface area contributed by atoms with Gasteiger partial charge in [-0.05, 0) is 52.2 Å². The maximum Gasteiger partial charge on any atom is 0.288 e. The lowest BCUT2D eigenvalue weighted by atomic mass is 9.75. The highest BCUT2D eigenvalue weighted by molar-refractivity contribution is 6.32. The molecule has 0 saturated carbocycles.